The molecule has 0 bridgehead atoms. The lowest BCUT2D eigenvalue weighted by Crippen LogP contribution is -2.05. The first-order chi connectivity index (χ1) is 9.31. The minimum absolute atomic E-state index is 0.334. The molecule has 1 aromatic heterocycles. The first-order valence-electron chi connectivity index (χ1n) is 6.19. The van der Waals surface area contributed by atoms with E-state index < -0.39 is 6.10 Å². The highest BCUT2D eigenvalue weighted by Crippen LogP contribution is 2.38. The number of ether oxygens (including phenoxy) is 2. The summed E-state index contributed by atoms with van der Waals surface area (Å²) in [7, 11) is 0. The maximum atomic E-state index is 11.8. The van der Waals surface area contributed by atoms with Crippen molar-refractivity contribution in [2.75, 3.05) is 6.61 Å². The standard InChI is InChI=1S/C15H13NO3/c1-2-18-12-8-4-3-6-10(12)14-13-11(15(17)19-14)7-5-9-16-13/h3-9,14H,2H2,1H3. The van der Waals surface area contributed by atoms with Crippen LogP contribution in [0.15, 0.2) is 42.6 Å². The summed E-state index contributed by atoms with van der Waals surface area (Å²) < 4.78 is 11.0. The third-order valence-corrected chi connectivity index (χ3v) is 3.03. The van der Waals surface area contributed by atoms with Gasteiger partial charge >= 0.3 is 5.97 Å². The van der Waals surface area contributed by atoms with Crippen LogP contribution in [0.25, 0.3) is 0 Å². The number of hydrogen-bond acceptors (Lipinski definition) is 4. The zero-order valence-corrected chi connectivity index (χ0v) is 10.5. The Morgan fingerprint density at radius 3 is 2.95 bits per heavy atom. The van der Waals surface area contributed by atoms with Gasteiger partial charge in [-0.2, -0.15) is 0 Å². The Morgan fingerprint density at radius 1 is 1.26 bits per heavy atom. The summed E-state index contributed by atoms with van der Waals surface area (Å²) in [5, 5.41) is 0. The Labute approximate surface area is 111 Å². The number of aromatic nitrogens is 1. The van der Waals surface area contributed by atoms with Crippen molar-refractivity contribution < 1.29 is 14.3 Å². The van der Waals surface area contributed by atoms with Crippen LogP contribution >= 0.6 is 0 Å². The van der Waals surface area contributed by atoms with Crippen molar-refractivity contribution in [3.8, 4) is 5.75 Å². The van der Waals surface area contributed by atoms with E-state index in [-0.39, 0.29) is 5.97 Å². The van der Waals surface area contributed by atoms with Gasteiger partial charge in [-0.15, -0.1) is 0 Å². The van der Waals surface area contributed by atoms with Gasteiger partial charge in [-0.05, 0) is 25.1 Å². The van der Waals surface area contributed by atoms with Gasteiger partial charge in [0.15, 0.2) is 6.10 Å². The molecule has 0 spiro atoms. The van der Waals surface area contributed by atoms with Gasteiger partial charge in [-0.25, -0.2) is 4.79 Å². The van der Waals surface area contributed by atoms with Crippen LogP contribution in [0.3, 0.4) is 0 Å². The fourth-order valence-electron chi connectivity index (χ4n) is 2.22. The molecule has 0 amide bonds. The predicted octanol–water partition coefficient (Wildman–Crippen LogP) is 2.74. The highest BCUT2D eigenvalue weighted by atomic mass is 16.6. The molecule has 1 atom stereocenters. The van der Waals surface area contributed by atoms with Crippen molar-refractivity contribution in [2.45, 2.75) is 13.0 Å². The van der Waals surface area contributed by atoms with Crippen LogP contribution in [0.5, 0.6) is 5.75 Å². The van der Waals surface area contributed by atoms with Crippen molar-refractivity contribution in [2.24, 2.45) is 0 Å². The number of para-hydroxylation sites is 1. The summed E-state index contributed by atoms with van der Waals surface area (Å²) in [6.07, 6.45) is 1.18. The van der Waals surface area contributed by atoms with Crippen molar-refractivity contribution in [3.63, 3.8) is 0 Å². The Kier molecular flexibility index (Phi) is 2.91. The maximum absolute atomic E-state index is 11.8. The molecule has 2 aromatic rings. The molecular formula is C15H13NO3. The van der Waals surface area contributed by atoms with Gasteiger partial charge in [0.2, 0.25) is 0 Å². The van der Waals surface area contributed by atoms with E-state index in [9.17, 15) is 4.79 Å². The molecule has 0 saturated carbocycles. The summed E-state index contributed by atoms with van der Waals surface area (Å²) in [6, 6.07) is 11.0. The second-order valence-electron chi connectivity index (χ2n) is 4.19. The molecule has 1 unspecified atom stereocenters. The molecule has 19 heavy (non-hydrogen) atoms. The zero-order valence-electron chi connectivity index (χ0n) is 10.5. The van der Waals surface area contributed by atoms with Crippen molar-refractivity contribution in [1.29, 1.82) is 0 Å². The topological polar surface area (TPSA) is 48.4 Å². The summed E-state index contributed by atoms with van der Waals surface area (Å²) in [5.74, 6) is 0.390. The average Bonchev–Trinajstić information content (AvgIpc) is 2.78. The first-order valence-corrected chi connectivity index (χ1v) is 6.19. The normalized spacial score (nSPS) is 16.9. The minimum Gasteiger partial charge on any atom is -0.493 e. The Morgan fingerprint density at radius 2 is 2.11 bits per heavy atom. The molecule has 0 radical (unpaired) electrons. The van der Waals surface area contributed by atoms with E-state index in [1.165, 1.54) is 0 Å². The lowest BCUT2D eigenvalue weighted by Gasteiger charge is -2.15. The second kappa shape index (κ2) is 4.72. The predicted molar refractivity (Wildman–Crippen MR) is 69.1 cm³/mol. The lowest BCUT2D eigenvalue weighted by atomic mass is 10.0. The number of fused-ring (bicyclic) bond motifs is 1. The van der Waals surface area contributed by atoms with E-state index in [1.807, 2.05) is 31.2 Å². The Balaban J connectivity index is 2.07. The van der Waals surface area contributed by atoms with Crippen LogP contribution in [-0.4, -0.2) is 17.6 Å². The third-order valence-electron chi connectivity index (χ3n) is 3.03. The zero-order chi connectivity index (χ0) is 13.2. The van der Waals surface area contributed by atoms with E-state index in [0.29, 0.717) is 17.9 Å². The van der Waals surface area contributed by atoms with Crippen LogP contribution in [0.2, 0.25) is 0 Å². The highest BCUT2D eigenvalue weighted by Gasteiger charge is 2.34. The third kappa shape index (κ3) is 1.95. The number of rotatable bonds is 3. The first kappa shape index (κ1) is 11.7. The van der Waals surface area contributed by atoms with E-state index >= 15 is 0 Å². The van der Waals surface area contributed by atoms with Gasteiger partial charge in [0.1, 0.15) is 11.4 Å². The summed E-state index contributed by atoms with van der Waals surface area (Å²) in [6.45, 7) is 2.48. The van der Waals surface area contributed by atoms with Crippen molar-refractivity contribution >= 4 is 5.97 Å². The molecule has 1 aliphatic heterocycles. The van der Waals surface area contributed by atoms with Gasteiger partial charge in [0.05, 0.1) is 12.2 Å². The molecule has 2 heterocycles. The summed E-state index contributed by atoms with van der Waals surface area (Å²) in [4.78, 5) is 16.1. The number of esters is 1. The molecule has 0 aliphatic carbocycles. The van der Waals surface area contributed by atoms with Gasteiger partial charge in [-0.3, -0.25) is 4.98 Å². The molecule has 0 saturated heterocycles. The second-order valence-corrected chi connectivity index (χ2v) is 4.19. The van der Waals surface area contributed by atoms with Gasteiger partial charge in [0, 0.05) is 11.8 Å². The van der Waals surface area contributed by atoms with Crippen molar-refractivity contribution in [3.05, 3.63) is 59.4 Å². The monoisotopic (exact) mass is 255 g/mol. The van der Waals surface area contributed by atoms with Gasteiger partial charge in [0.25, 0.3) is 0 Å². The Hall–Kier alpha value is -2.36. The summed E-state index contributed by atoms with van der Waals surface area (Å²) in [5.41, 5.74) is 2.01. The Bertz CT molecular complexity index is 624. The molecule has 1 aliphatic rings. The maximum Gasteiger partial charge on any atom is 0.341 e. The van der Waals surface area contributed by atoms with Crippen LogP contribution in [0.1, 0.15) is 34.6 Å². The van der Waals surface area contributed by atoms with E-state index in [4.69, 9.17) is 9.47 Å². The van der Waals surface area contributed by atoms with Crippen LogP contribution < -0.4 is 4.74 Å². The number of nitrogens with zero attached hydrogens (tertiary/aromatic N) is 1. The summed E-state index contributed by atoms with van der Waals surface area (Å²) >= 11 is 0. The number of carbonyl (C=O) groups excluding carboxylic acids is 1. The number of hydrogen-bond donors (Lipinski definition) is 0. The van der Waals surface area contributed by atoms with Crippen LogP contribution in [0.4, 0.5) is 0 Å². The van der Waals surface area contributed by atoms with Crippen molar-refractivity contribution in [1.82, 2.24) is 4.98 Å². The number of carbonyl (C=O) groups is 1. The smallest absolute Gasteiger partial charge is 0.341 e. The lowest BCUT2D eigenvalue weighted by molar-refractivity contribution is 0.0448. The molecule has 1 aromatic carbocycles. The van der Waals surface area contributed by atoms with Gasteiger partial charge < -0.3 is 9.47 Å². The number of benzene rings is 1. The fraction of sp³-hybridized carbons (Fsp3) is 0.200. The quantitative estimate of drug-likeness (QED) is 0.791. The average molecular weight is 255 g/mol. The number of cyclic esters (lactones) is 1. The molecule has 0 N–H and O–H groups in total. The molecule has 4 heteroatoms. The SMILES string of the molecule is CCOc1ccccc1C1OC(=O)c2cccnc21. The molecular weight excluding hydrogens is 242 g/mol. The van der Waals surface area contributed by atoms with Crippen LogP contribution in [-0.2, 0) is 4.74 Å². The molecule has 3 rings (SSSR count). The fourth-order valence-corrected chi connectivity index (χ4v) is 2.22. The molecule has 0 fully saturated rings. The minimum atomic E-state index is -0.480. The number of pyridine rings is 1. The largest absolute Gasteiger partial charge is 0.493 e. The highest BCUT2D eigenvalue weighted by molar-refractivity contribution is 5.93. The van der Waals surface area contributed by atoms with Crippen LogP contribution in [0, 0.1) is 0 Å². The van der Waals surface area contributed by atoms with E-state index in [2.05, 4.69) is 4.98 Å². The molecule has 4 nitrogen and oxygen atoms in total. The molecule has 96 valence electrons. The van der Waals surface area contributed by atoms with Gasteiger partial charge in [-0.1, -0.05) is 18.2 Å². The van der Waals surface area contributed by atoms with E-state index in [1.54, 1.807) is 18.3 Å². The van der Waals surface area contributed by atoms with E-state index in [0.717, 1.165) is 11.3 Å².